The molecule has 0 heterocycles. The summed E-state index contributed by atoms with van der Waals surface area (Å²) in [7, 11) is 0. The van der Waals surface area contributed by atoms with E-state index in [4.69, 9.17) is 10.2 Å². The van der Waals surface area contributed by atoms with Crippen LogP contribution in [0.15, 0.2) is 0 Å². The lowest BCUT2D eigenvalue weighted by Gasteiger charge is -2.25. The third-order valence-corrected chi connectivity index (χ3v) is 2.99. The summed E-state index contributed by atoms with van der Waals surface area (Å²) in [5.74, 6) is -2.77. The molecule has 0 bridgehead atoms. The van der Waals surface area contributed by atoms with Crippen molar-refractivity contribution in [3.8, 4) is 5.75 Å². The summed E-state index contributed by atoms with van der Waals surface area (Å²) in [6, 6.07) is 0. The van der Waals surface area contributed by atoms with Crippen LogP contribution >= 0.6 is 0 Å². The summed E-state index contributed by atoms with van der Waals surface area (Å²) in [4.78, 5) is 22.0. The van der Waals surface area contributed by atoms with Crippen LogP contribution in [0.5, 0.6) is 5.75 Å². The second-order valence-electron chi connectivity index (χ2n) is 3.79. The van der Waals surface area contributed by atoms with E-state index in [2.05, 4.69) is 0 Å². The van der Waals surface area contributed by atoms with Crippen LogP contribution in [0.2, 0.25) is 0 Å². The maximum absolute atomic E-state index is 11.0. The Balaban J connectivity index is 2.81. The summed E-state index contributed by atoms with van der Waals surface area (Å²) in [6.07, 6.45) is 1.06. The number of fused-ring (bicyclic) bond motifs is 1. The van der Waals surface area contributed by atoms with E-state index in [-0.39, 0.29) is 16.7 Å². The fourth-order valence-corrected chi connectivity index (χ4v) is 2.12. The number of aromatic carboxylic acids is 2. The Kier molecular flexibility index (Phi) is 2.11. The van der Waals surface area contributed by atoms with Crippen LogP contribution < -0.4 is 0 Å². The Morgan fingerprint density at radius 2 is 1.44 bits per heavy atom. The van der Waals surface area contributed by atoms with Gasteiger partial charge in [0.2, 0.25) is 0 Å². The van der Waals surface area contributed by atoms with Crippen molar-refractivity contribution in [3.63, 3.8) is 0 Å². The molecule has 84 valence electrons. The highest BCUT2D eigenvalue weighted by Gasteiger charge is 2.32. The van der Waals surface area contributed by atoms with Gasteiger partial charge in [-0.3, -0.25) is 0 Å². The molecule has 1 aromatic rings. The molecule has 0 aromatic heterocycles. The van der Waals surface area contributed by atoms with Gasteiger partial charge in [0.25, 0.3) is 0 Å². The van der Waals surface area contributed by atoms with Crippen molar-refractivity contribution >= 4 is 11.9 Å². The van der Waals surface area contributed by atoms with Gasteiger partial charge in [0, 0.05) is 5.56 Å². The lowest BCUT2D eigenvalue weighted by molar-refractivity contribution is 0.0673. The number of hydrogen-bond acceptors (Lipinski definition) is 3. The third kappa shape index (κ3) is 1.18. The summed E-state index contributed by atoms with van der Waals surface area (Å²) in [5.41, 5.74) is 1.02. The molecule has 0 spiro atoms. The summed E-state index contributed by atoms with van der Waals surface area (Å²) in [6.45, 7) is 1.42. The highest BCUT2D eigenvalue weighted by Crippen LogP contribution is 2.39. The van der Waals surface area contributed by atoms with Crippen LogP contribution in [0.1, 0.15) is 37.4 Å². The number of carboxylic acid groups (broad SMARTS) is 2. The number of benzene rings is 1. The topological polar surface area (TPSA) is 94.8 Å². The second kappa shape index (κ2) is 3.23. The minimum Gasteiger partial charge on any atom is -0.507 e. The fourth-order valence-electron chi connectivity index (χ4n) is 2.12. The zero-order valence-electron chi connectivity index (χ0n) is 8.57. The fraction of sp³-hybridized carbons (Fsp3) is 0.273. The molecule has 0 unspecified atom stereocenters. The highest BCUT2D eigenvalue weighted by atomic mass is 16.4. The molecule has 0 saturated heterocycles. The quantitative estimate of drug-likeness (QED) is 0.698. The largest absolute Gasteiger partial charge is 0.507 e. The summed E-state index contributed by atoms with van der Waals surface area (Å²) < 4.78 is 0. The van der Waals surface area contributed by atoms with Gasteiger partial charge in [-0.05, 0) is 30.9 Å². The average Bonchev–Trinajstić information content (AvgIpc) is 2.15. The molecule has 0 radical (unpaired) electrons. The zero-order chi connectivity index (χ0) is 12.0. The molecule has 0 amide bonds. The van der Waals surface area contributed by atoms with Gasteiger partial charge in [0.15, 0.2) is 0 Å². The van der Waals surface area contributed by atoms with Crippen LogP contribution in [0.4, 0.5) is 0 Å². The van der Waals surface area contributed by atoms with Crippen molar-refractivity contribution in [1.29, 1.82) is 0 Å². The second-order valence-corrected chi connectivity index (χ2v) is 3.79. The van der Waals surface area contributed by atoms with Gasteiger partial charge in [-0.15, -0.1) is 0 Å². The number of carboxylic acids is 2. The number of phenols is 1. The van der Waals surface area contributed by atoms with Crippen LogP contribution in [0.3, 0.4) is 0 Å². The van der Waals surface area contributed by atoms with E-state index in [1.165, 1.54) is 6.92 Å². The van der Waals surface area contributed by atoms with E-state index in [1.54, 1.807) is 0 Å². The molecule has 1 aliphatic rings. The van der Waals surface area contributed by atoms with Crippen LogP contribution in [0, 0.1) is 6.92 Å². The van der Waals surface area contributed by atoms with Gasteiger partial charge in [0.05, 0.1) is 5.56 Å². The Morgan fingerprint density at radius 3 is 1.81 bits per heavy atom. The van der Waals surface area contributed by atoms with Gasteiger partial charge >= 0.3 is 11.9 Å². The molecule has 1 aliphatic carbocycles. The minimum atomic E-state index is -1.21. The van der Waals surface area contributed by atoms with Crippen LogP contribution in [0.25, 0.3) is 0 Å². The molecule has 0 aliphatic heterocycles. The Bertz CT molecular complexity index is 452. The molecular weight excluding hydrogens is 212 g/mol. The van der Waals surface area contributed by atoms with Crippen molar-refractivity contribution < 1.29 is 24.9 Å². The molecule has 5 heteroatoms. The van der Waals surface area contributed by atoms with Crippen molar-refractivity contribution in [2.45, 2.75) is 19.8 Å². The molecular formula is C11H10O5. The van der Waals surface area contributed by atoms with Crippen molar-refractivity contribution in [3.05, 3.63) is 27.8 Å². The first-order valence-corrected chi connectivity index (χ1v) is 4.79. The first-order valence-electron chi connectivity index (χ1n) is 4.79. The lowest BCUT2D eigenvalue weighted by Crippen LogP contribution is -2.21. The molecule has 1 aromatic carbocycles. The third-order valence-electron chi connectivity index (χ3n) is 2.99. The Labute approximate surface area is 91.0 Å². The predicted octanol–water partition coefficient (Wildman–Crippen LogP) is 1.20. The number of hydrogen-bond donors (Lipinski definition) is 3. The number of carbonyl (C=O) groups is 2. The van der Waals surface area contributed by atoms with Gasteiger partial charge in [-0.1, -0.05) is 0 Å². The predicted molar refractivity (Wildman–Crippen MR) is 54.2 cm³/mol. The van der Waals surface area contributed by atoms with Gasteiger partial charge in [-0.25, -0.2) is 9.59 Å². The molecule has 16 heavy (non-hydrogen) atoms. The van der Waals surface area contributed by atoms with Crippen molar-refractivity contribution in [2.24, 2.45) is 0 Å². The van der Waals surface area contributed by atoms with E-state index in [1.807, 2.05) is 0 Å². The number of aromatic hydroxyl groups is 1. The Morgan fingerprint density at radius 1 is 1.00 bits per heavy atom. The first kappa shape index (κ1) is 10.5. The molecule has 2 rings (SSSR count). The normalized spacial score (nSPS) is 12.8. The molecule has 3 N–H and O–H groups in total. The Hall–Kier alpha value is -2.04. The van der Waals surface area contributed by atoms with Crippen molar-refractivity contribution in [1.82, 2.24) is 0 Å². The van der Waals surface area contributed by atoms with Gasteiger partial charge in [0.1, 0.15) is 11.3 Å². The van der Waals surface area contributed by atoms with Crippen molar-refractivity contribution in [2.75, 3.05) is 0 Å². The van der Waals surface area contributed by atoms with E-state index >= 15 is 0 Å². The minimum absolute atomic E-state index is 0.0451. The molecule has 5 nitrogen and oxygen atoms in total. The molecule has 0 atom stereocenters. The standard InChI is InChI=1S/C11H10O5/c1-4-7(10(13)14)5-2-3-6(5)8(9(4)12)11(15)16/h12H,2-3H2,1H3,(H,13,14)(H,15,16). The van der Waals surface area contributed by atoms with Crippen LogP contribution in [-0.4, -0.2) is 27.3 Å². The van der Waals surface area contributed by atoms with E-state index in [9.17, 15) is 14.7 Å². The zero-order valence-corrected chi connectivity index (χ0v) is 8.57. The monoisotopic (exact) mass is 222 g/mol. The van der Waals surface area contributed by atoms with E-state index in [0.29, 0.717) is 24.0 Å². The van der Waals surface area contributed by atoms with Gasteiger partial charge < -0.3 is 15.3 Å². The lowest BCUT2D eigenvalue weighted by atomic mass is 9.78. The SMILES string of the molecule is Cc1c(O)c(C(=O)O)c2c(c1C(=O)O)CC2. The highest BCUT2D eigenvalue weighted by molar-refractivity contribution is 6.00. The maximum atomic E-state index is 11.0. The molecule has 0 fully saturated rings. The summed E-state index contributed by atoms with van der Waals surface area (Å²) in [5, 5.41) is 27.6. The smallest absolute Gasteiger partial charge is 0.339 e. The van der Waals surface area contributed by atoms with E-state index in [0.717, 1.165) is 0 Å². The first-order chi connectivity index (χ1) is 7.45. The maximum Gasteiger partial charge on any atom is 0.339 e. The van der Waals surface area contributed by atoms with Gasteiger partial charge in [-0.2, -0.15) is 0 Å². The van der Waals surface area contributed by atoms with E-state index < -0.39 is 17.7 Å². The molecule has 0 saturated carbocycles. The number of rotatable bonds is 2. The summed E-state index contributed by atoms with van der Waals surface area (Å²) >= 11 is 0. The van der Waals surface area contributed by atoms with Crippen LogP contribution in [-0.2, 0) is 12.8 Å². The average molecular weight is 222 g/mol.